The van der Waals surface area contributed by atoms with E-state index in [2.05, 4.69) is 20.6 Å². The second kappa shape index (κ2) is 11.5. The summed E-state index contributed by atoms with van der Waals surface area (Å²) in [5, 5.41) is 8.48. The average Bonchev–Trinajstić information content (AvgIpc) is 2.84. The highest BCUT2D eigenvalue weighted by atomic mass is 35.5. The van der Waals surface area contributed by atoms with Crippen LogP contribution in [-0.4, -0.2) is 48.5 Å². The van der Waals surface area contributed by atoms with Gasteiger partial charge in [0.25, 0.3) is 0 Å². The van der Waals surface area contributed by atoms with Gasteiger partial charge in [0.05, 0.1) is 17.8 Å². The lowest BCUT2D eigenvalue weighted by Gasteiger charge is -2.13. The zero-order valence-electron chi connectivity index (χ0n) is 20.2. The van der Waals surface area contributed by atoms with Crippen molar-refractivity contribution in [2.45, 2.75) is 0 Å². The van der Waals surface area contributed by atoms with Gasteiger partial charge in [-0.25, -0.2) is 4.98 Å². The summed E-state index contributed by atoms with van der Waals surface area (Å²) < 4.78 is 11.4. The molecule has 9 heteroatoms. The molecule has 8 nitrogen and oxygen atoms in total. The van der Waals surface area contributed by atoms with Crippen LogP contribution in [-0.2, 0) is 4.79 Å². The molecule has 3 aromatic carbocycles. The molecular formula is C27H26ClN5O3. The Kier molecular flexibility index (Phi) is 7.99. The van der Waals surface area contributed by atoms with Crippen molar-refractivity contribution < 1.29 is 14.3 Å². The highest BCUT2D eigenvalue weighted by Crippen LogP contribution is 2.33. The number of nitrogens with one attached hydrogen (secondary N) is 2. The van der Waals surface area contributed by atoms with E-state index in [9.17, 15) is 4.79 Å². The molecule has 0 aliphatic rings. The molecule has 0 unspecified atom stereocenters. The fourth-order valence-corrected chi connectivity index (χ4v) is 3.71. The van der Waals surface area contributed by atoms with Gasteiger partial charge in [0.15, 0.2) is 0 Å². The van der Waals surface area contributed by atoms with Crippen molar-refractivity contribution in [3.05, 3.63) is 84.0 Å². The summed E-state index contributed by atoms with van der Waals surface area (Å²) in [6, 6.07) is 18.4. The molecule has 0 fully saturated rings. The number of amides is 1. The quantitative estimate of drug-likeness (QED) is 0.275. The molecule has 0 saturated carbocycles. The van der Waals surface area contributed by atoms with Gasteiger partial charge in [-0.2, -0.15) is 4.98 Å². The summed E-state index contributed by atoms with van der Waals surface area (Å²) in [6.07, 6.45) is 4.88. The van der Waals surface area contributed by atoms with E-state index in [1.54, 1.807) is 49.7 Å². The van der Waals surface area contributed by atoms with E-state index in [-0.39, 0.29) is 5.91 Å². The SMILES string of the molecule is COc1ccc(NC(=O)/C=C/CN(C)C)cc1Nc1nccc(Oc2cc(Cl)c3ccccc3c2)n1. The first kappa shape index (κ1) is 25.0. The minimum Gasteiger partial charge on any atom is -0.495 e. The monoisotopic (exact) mass is 503 g/mol. The zero-order valence-corrected chi connectivity index (χ0v) is 20.9. The van der Waals surface area contributed by atoms with Crippen molar-refractivity contribution in [3.8, 4) is 17.4 Å². The molecule has 4 rings (SSSR count). The van der Waals surface area contributed by atoms with Crippen molar-refractivity contribution >= 4 is 45.6 Å². The molecule has 184 valence electrons. The number of aromatic nitrogens is 2. The summed E-state index contributed by atoms with van der Waals surface area (Å²) in [4.78, 5) is 22.9. The molecule has 1 heterocycles. The van der Waals surface area contributed by atoms with Crippen LogP contribution in [0.1, 0.15) is 0 Å². The molecule has 0 bridgehead atoms. The van der Waals surface area contributed by atoms with Crippen molar-refractivity contribution in [2.24, 2.45) is 0 Å². The first-order valence-electron chi connectivity index (χ1n) is 11.2. The standard InChI is InChI=1S/C27H26ClN5O3/c1-33(2)14-6-9-25(34)30-19-10-11-24(35-3)23(16-19)31-27-29-13-12-26(32-27)36-20-15-18-7-4-5-8-21(18)22(28)17-20/h4-13,15-17H,14H2,1-3H3,(H,30,34)(H,29,31,32)/b9-6+. The van der Waals surface area contributed by atoms with Gasteiger partial charge in [0, 0.05) is 42.0 Å². The fraction of sp³-hybridized carbons (Fsp3) is 0.148. The second-order valence-electron chi connectivity index (χ2n) is 8.14. The van der Waals surface area contributed by atoms with E-state index in [0.717, 1.165) is 10.8 Å². The number of nitrogens with zero attached hydrogens (tertiary/aromatic N) is 3. The summed E-state index contributed by atoms with van der Waals surface area (Å²) in [5.41, 5.74) is 1.18. The molecule has 0 saturated heterocycles. The average molecular weight is 504 g/mol. The van der Waals surface area contributed by atoms with Crippen molar-refractivity contribution in [1.82, 2.24) is 14.9 Å². The largest absolute Gasteiger partial charge is 0.495 e. The van der Waals surface area contributed by atoms with Crippen LogP contribution < -0.4 is 20.1 Å². The number of rotatable bonds is 9. The van der Waals surface area contributed by atoms with Crippen LogP contribution in [0.4, 0.5) is 17.3 Å². The predicted octanol–water partition coefficient (Wildman–Crippen LogP) is 5.88. The molecule has 0 radical (unpaired) electrons. The number of methoxy groups -OCH3 is 1. The van der Waals surface area contributed by atoms with Gasteiger partial charge in [0.2, 0.25) is 17.7 Å². The number of ether oxygens (including phenoxy) is 2. The lowest BCUT2D eigenvalue weighted by atomic mass is 10.1. The Morgan fingerprint density at radius 1 is 1.11 bits per heavy atom. The normalized spacial score (nSPS) is 11.1. The molecule has 0 atom stereocenters. The van der Waals surface area contributed by atoms with Gasteiger partial charge in [-0.15, -0.1) is 0 Å². The molecule has 4 aromatic rings. The van der Waals surface area contributed by atoms with Gasteiger partial charge < -0.3 is 25.0 Å². The van der Waals surface area contributed by atoms with Crippen LogP contribution in [0.2, 0.25) is 5.02 Å². The number of hydrogen-bond acceptors (Lipinski definition) is 7. The van der Waals surface area contributed by atoms with Gasteiger partial charge in [-0.3, -0.25) is 4.79 Å². The van der Waals surface area contributed by atoms with Crippen LogP contribution in [0.3, 0.4) is 0 Å². The lowest BCUT2D eigenvalue weighted by Crippen LogP contribution is -2.13. The summed E-state index contributed by atoms with van der Waals surface area (Å²) in [6.45, 7) is 0.671. The Bertz CT molecular complexity index is 1410. The first-order valence-corrected chi connectivity index (χ1v) is 11.6. The molecule has 0 aliphatic carbocycles. The van der Waals surface area contributed by atoms with E-state index in [1.165, 1.54) is 6.08 Å². The number of carbonyl (C=O) groups excluding carboxylic acids is 1. The van der Waals surface area contributed by atoms with E-state index >= 15 is 0 Å². The van der Waals surface area contributed by atoms with E-state index in [4.69, 9.17) is 21.1 Å². The summed E-state index contributed by atoms with van der Waals surface area (Å²) in [7, 11) is 5.43. The molecular weight excluding hydrogens is 478 g/mol. The Balaban J connectivity index is 1.51. The predicted molar refractivity (Wildman–Crippen MR) is 144 cm³/mol. The number of anilines is 3. The van der Waals surface area contributed by atoms with Crippen molar-refractivity contribution in [2.75, 3.05) is 38.4 Å². The molecule has 36 heavy (non-hydrogen) atoms. The Labute approximate surface area is 214 Å². The Hall–Kier alpha value is -4.14. The molecule has 0 spiro atoms. The maximum Gasteiger partial charge on any atom is 0.248 e. The van der Waals surface area contributed by atoms with Crippen molar-refractivity contribution in [3.63, 3.8) is 0 Å². The Morgan fingerprint density at radius 2 is 1.94 bits per heavy atom. The summed E-state index contributed by atoms with van der Waals surface area (Å²) in [5.74, 6) is 1.54. The third-order valence-corrected chi connectivity index (χ3v) is 5.40. The second-order valence-corrected chi connectivity index (χ2v) is 8.55. The number of benzene rings is 3. The lowest BCUT2D eigenvalue weighted by molar-refractivity contribution is -0.111. The Morgan fingerprint density at radius 3 is 2.75 bits per heavy atom. The number of carbonyl (C=O) groups is 1. The van der Waals surface area contributed by atoms with E-state index in [0.29, 0.717) is 46.3 Å². The smallest absolute Gasteiger partial charge is 0.248 e. The van der Waals surface area contributed by atoms with Crippen molar-refractivity contribution in [1.29, 1.82) is 0 Å². The number of halogens is 1. The third-order valence-electron chi connectivity index (χ3n) is 5.09. The van der Waals surface area contributed by atoms with Crippen LogP contribution in [0.5, 0.6) is 17.4 Å². The first-order chi connectivity index (χ1) is 17.4. The molecule has 1 amide bonds. The highest BCUT2D eigenvalue weighted by Gasteiger charge is 2.10. The highest BCUT2D eigenvalue weighted by molar-refractivity contribution is 6.35. The number of likely N-dealkylation sites (N-methyl/N-ethyl adjacent to an activating group) is 1. The maximum absolute atomic E-state index is 12.2. The maximum atomic E-state index is 12.2. The minimum atomic E-state index is -0.228. The van der Waals surface area contributed by atoms with Gasteiger partial charge >= 0.3 is 0 Å². The zero-order chi connectivity index (χ0) is 25.5. The minimum absolute atomic E-state index is 0.228. The fourth-order valence-electron chi connectivity index (χ4n) is 3.44. The summed E-state index contributed by atoms with van der Waals surface area (Å²) >= 11 is 6.42. The van der Waals surface area contributed by atoms with Gasteiger partial charge in [-0.1, -0.05) is 41.9 Å². The van der Waals surface area contributed by atoms with E-state index in [1.807, 2.05) is 49.3 Å². The third kappa shape index (κ3) is 6.50. The van der Waals surface area contributed by atoms with Crippen LogP contribution >= 0.6 is 11.6 Å². The number of fused-ring (bicyclic) bond motifs is 1. The molecule has 2 N–H and O–H groups in total. The molecule has 1 aromatic heterocycles. The van der Waals surface area contributed by atoms with Crippen LogP contribution in [0.25, 0.3) is 10.8 Å². The molecule has 0 aliphatic heterocycles. The van der Waals surface area contributed by atoms with Crippen LogP contribution in [0.15, 0.2) is 79.0 Å². The van der Waals surface area contributed by atoms with Gasteiger partial charge in [-0.05, 0) is 43.7 Å². The van der Waals surface area contributed by atoms with Crippen LogP contribution in [0, 0.1) is 0 Å². The van der Waals surface area contributed by atoms with Gasteiger partial charge in [0.1, 0.15) is 11.5 Å². The van der Waals surface area contributed by atoms with E-state index < -0.39 is 0 Å². The topological polar surface area (TPSA) is 88.6 Å². The number of hydrogen-bond donors (Lipinski definition) is 2.